The van der Waals surface area contributed by atoms with Crippen molar-refractivity contribution in [3.63, 3.8) is 0 Å². The first-order valence-corrected chi connectivity index (χ1v) is 9.64. The number of rotatable bonds is 5. The second kappa shape index (κ2) is 8.70. The molecule has 0 aliphatic carbocycles. The molecular formula is C18H20F3N7O4. The Morgan fingerprint density at radius 1 is 1.25 bits per heavy atom. The molecule has 2 N–H and O–H groups in total. The number of carbonyl (C=O) groups is 1. The molecule has 14 heteroatoms. The summed E-state index contributed by atoms with van der Waals surface area (Å²) in [6.45, 7) is 1.87. The van der Waals surface area contributed by atoms with E-state index in [2.05, 4.69) is 19.9 Å². The number of aromatic nitrogens is 4. The number of cyclic esters (lactones) is 1. The largest absolute Gasteiger partial charge is 0.447 e. The molecule has 2 saturated heterocycles. The number of anilines is 3. The number of alkyl halides is 3. The number of nitrogens with zero attached hydrogens (tertiary/aromatic N) is 6. The number of nitrogen functional groups attached to an aromatic ring is 1. The molecule has 2 aliphatic rings. The van der Waals surface area contributed by atoms with Crippen LogP contribution in [0.25, 0.3) is 11.3 Å². The first-order valence-electron chi connectivity index (χ1n) is 9.64. The van der Waals surface area contributed by atoms with Crippen molar-refractivity contribution in [1.29, 1.82) is 0 Å². The Kier molecular flexibility index (Phi) is 5.97. The second-order valence-corrected chi connectivity index (χ2v) is 7.06. The number of halogens is 3. The summed E-state index contributed by atoms with van der Waals surface area (Å²) < 4.78 is 56.6. The van der Waals surface area contributed by atoms with Crippen molar-refractivity contribution in [1.82, 2.24) is 19.9 Å². The normalized spacial score (nSPS) is 19.4. The highest BCUT2D eigenvalue weighted by atomic mass is 19.4. The zero-order chi connectivity index (χ0) is 22.9. The third kappa shape index (κ3) is 4.36. The minimum atomic E-state index is -4.80. The van der Waals surface area contributed by atoms with Gasteiger partial charge in [0.15, 0.2) is 5.69 Å². The van der Waals surface area contributed by atoms with Crippen LogP contribution in [-0.4, -0.2) is 78.7 Å². The van der Waals surface area contributed by atoms with Crippen LogP contribution in [0.1, 0.15) is 5.69 Å². The highest BCUT2D eigenvalue weighted by molar-refractivity contribution is 5.90. The molecular weight excluding hydrogens is 435 g/mol. The number of ether oxygens (including phenoxy) is 3. The highest BCUT2D eigenvalue weighted by Gasteiger charge is 2.39. The molecule has 172 valence electrons. The van der Waals surface area contributed by atoms with E-state index in [4.69, 9.17) is 19.9 Å². The van der Waals surface area contributed by atoms with Gasteiger partial charge in [-0.25, -0.2) is 19.7 Å². The molecule has 11 nitrogen and oxygen atoms in total. The lowest BCUT2D eigenvalue weighted by Gasteiger charge is -2.28. The molecule has 2 aromatic rings. The number of nitrogens with two attached hydrogens (primary N) is 1. The first kappa shape index (κ1) is 22.0. The van der Waals surface area contributed by atoms with E-state index in [9.17, 15) is 18.0 Å². The van der Waals surface area contributed by atoms with Gasteiger partial charge in [0.25, 0.3) is 0 Å². The van der Waals surface area contributed by atoms with Crippen LogP contribution in [-0.2, 0) is 20.4 Å². The van der Waals surface area contributed by atoms with Crippen LogP contribution in [0.15, 0.2) is 12.3 Å². The van der Waals surface area contributed by atoms with Crippen molar-refractivity contribution in [3.8, 4) is 11.3 Å². The van der Waals surface area contributed by atoms with Crippen LogP contribution in [0.2, 0.25) is 0 Å². The Bertz CT molecular complexity index is 1000. The number of morpholine rings is 1. The monoisotopic (exact) mass is 455 g/mol. The highest BCUT2D eigenvalue weighted by Crippen LogP contribution is 2.37. The van der Waals surface area contributed by atoms with Gasteiger partial charge in [-0.3, -0.25) is 4.90 Å². The molecule has 4 rings (SSSR count). The number of hydrogen-bond donors (Lipinski definition) is 1. The van der Waals surface area contributed by atoms with Crippen molar-refractivity contribution >= 4 is 23.8 Å². The van der Waals surface area contributed by atoms with Gasteiger partial charge in [0.2, 0.25) is 11.9 Å². The Labute approximate surface area is 180 Å². The zero-order valence-electron chi connectivity index (χ0n) is 17.0. The summed E-state index contributed by atoms with van der Waals surface area (Å²) in [5, 5.41) is 0. The zero-order valence-corrected chi connectivity index (χ0v) is 17.0. The van der Waals surface area contributed by atoms with Gasteiger partial charge in [0.1, 0.15) is 12.4 Å². The van der Waals surface area contributed by atoms with Gasteiger partial charge < -0.3 is 24.8 Å². The Hall–Kier alpha value is -3.26. The van der Waals surface area contributed by atoms with Crippen molar-refractivity contribution < 1.29 is 32.2 Å². The van der Waals surface area contributed by atoms with Gasteiger partial charge in [-0.15, -0.1) is 0 Å². The molecule has 1 atom stereocenters. The van der Waals surface area contributed by atoms with Crippen molar-refractivity contribution in [2.45, 2.75) is 12.2 Å². The molecule has 2 aliphatic heterocycles. The van der Waals surface area contributed by atoms with E-state index in [0.29, 0.717) is 26.3 Å². The Morgan fingerprint density at radius 3 is 2.69 bits per heavy atom. The maximum absolute atomic E-state index is 13.7. The Morgan fingerprint density at radius 2 is 2.00 bits per heavy atom. The Balaban J connectivity index is 1.86. The van der Waals surface area contributed by atoms with Gasteiger partial charge in [0, 0.05) is 38.0 Å². The van der Waals surface area contributed by atoms with Crippen LogP contribution in [0.3, 0.4) is 0 Å². The van der Waals surface area contributed by atoms with Gasteiger partial charge >= 0.3 is 12.3 Å². The van der Waals surface area contributed by atoms with E-state index >= 15 is 0 Å². The fraction of sp³-hybridized carbons (Fsp3) is 0.500. The lowest BCUT2D eigenvalue weighted by Crippen LogP contribution is -2.39. The van der Waals surface area contributed by atoms with Crippen LogP contribution >= 0.6 is 0 Å². The molecule has 0 aromatic carbocycles. The standard InChI is InChI=1S/C18H20F3N7O4/c1-30-8-10-9-32-17(29)28(10)13-6-12(24-16(25-13)27-2-4-31-5-3-27)11-7-23-15(22)26-14(11)18(19,20)21/h6-7,10H,2-5,8-9H2,1H3,(H2,22,23,26). The van der Waals surface area contributed by atoms with E-state index in [1.165, 1.54) is 18.1 Å². The third-order valence-electron chi connectivity index (χ3n) is 4.91. The lowest BCUT2D eigenvalue weighted by atomic mass is 10.1. The summed E-state index contributed by atoms with van der Waals surface area (Å²) >= 11 is 0. The number of hydrogen-bond acceptors (Lipinski definition) is 10. The van der Waals surface area contributed by atoms with Crippen molar-refractivity contribution in [3.05, 3.63) is 18.0 Å². The average molecular weight is 455 g/mol. The summed E-state index contributed by atoms with van der Waals surface area (Å²) in [7, 11) is 1.47. The summed E-state index contributed by atoms with van der Waals surface area (Å²) in [6.07, 6.45) is -4.54. The summed E-state index contributed by atoms with van der Waals surface area (Å²) in [5.74, 6) is -0.306. The molecule has 2 fully saturated rings. The average Bonchev–Trinajstić information content (AvgIpc) is 3.13. The van der Waals surface area contributed by atoms with E-state index in [0.717, 1.165) is 6.20 Å². The van der Waals surface area contributed by atoms with E-state index in [1.54, 1.807) is 4.90 Å². The molecule has 0 spiro atoms. The second-order valence-electron chi connectivity index (χ2n) is 7.06. The van der Waals surface area contributed by atoms with E-state index in [-0.39, 0.29) is 36.2 Å². The van der Waals surface area contributed by atoms with Gasteiger partial charge in [0.05, 0.1) is 31.6 Å². The summed E-state index contributed by atoms with van der Waals surface area (Å²) in [6, 6.07) is 0.765. The molecule has 0 bridgehead atoms. The number of methoxy groups -OCH3 is 1. The van der Waals surface area contributed by atoms with Gasteiger partial charge in [-0.05, 0) is 0 Å². The smallest absolute Gasteiger partial charge is 0.434 e. The maximum Gasteiger partial charge on any atom is 0.434 e. The minimum Gasteiger partial charge on any atom is -0.447 e. The van der Waals surface area contributed by atoms with Crippen molar-refractivity contribution in [2.24, 2.45) is 0 Å². The van der Waals surface area contributed by atoms with Crippen LogP contribution < -0.4 is 15.5 Å². The molecule has 32 heavy (non-hydrogen) atoms. The SMILES string of the molecule is COCC1COC(=O)N1c1cc(-c2cnc(N)nc2C(F)(F)F)nc(N2CCOCC2)n1. The molecule has 4 heterocycles. The molecule has 0 radical (unpaired) electrons. The predicted octanol–water partition coefficient (Wildman–Crippen LogP) is 1.34. The van der Waals surface area contributed by atoms with Crippen LogP contribution in [0, 0.1) is 0 Å². The number of amides is 1. The van der Waals surface area contributed by atoms with Crippen LogP contribution in [0.5, 0.6) is 0 Å². The fourth-order valence-corrected chi connectivity index (χ4v) is 3.44. The molecule has 0 saturated carbocycles. The van der Waals surface area contributed by atoms with Crippen LogP contribution in [0.4, 0.5) is 35.7 Å². The summed E-state index contributed by atoms with van der Waals surface area (Å²) in [5.41, 5.74) is 3.65. The summed E-state index contributed by atoms with van der Waals surface area (Å²) in [4.78, 5) is 31.2. The fourth-order valence-electron chi connectivity index (χ4n) is 3.44. The predicted molar refractivity (Wildman–Crippen MR) is 105 cm³/mol. The molecule has 2 aromatic heterocycles. The minimum absolute atomic E-state index is 0.0533. The van der Waals surface area contributed by atoms with Gasteiger partial charge in [-0.2, -0.15) is 18.2 Å². The van der Waals surface area contributed by atoms with Crippen molar-refractivity contribution in [2.75, 3.05) is 62.2 Å². The maximum atomic E-state index is 13.7. The topological polar surface area (TPSA) is 129 Å². The lowest BCUT2D eigenvalue weighted by molar-refractivity contribution is -0.140. The number of carbonyl (C=O) groups excluding carboxylic acids is 1. The van der Waals surface area contributed by atoms with Gasteiger partial charge in [-0.1, -0.05) is 0 Å². The van der Waals surface area contributed by atoms with E-state index in [1.807, 2.05) is 0 Å². The third-order valence-corrected chi connectivity index (χ3v) is 4.91. The quantitative estimate of drug-likeness (QED) is 0.705. The molecule has 1 amide bonds. The first-order chi connectivity index (χ1) is 15.3. The molecule has 1 unspecified atom stereocenters. The van der Waals surface area contributed by atoms with E-state index < -0.39 is 30.0 Å².